The maximum Gasteiger partial charge on any atom is -0.0298 e. The van der Waals surface area contributed by atoms with E-state index in [9.17, 15) is 0 Å². The molecule has 0 radical (unpaired) electrons. The van der Waals surface area contributed by atoms with Gasteiger partial charge in [0.1, 0.15) is 0 Å². The Morgan fingerprint density at radius 3 is 0.929 bits per heavy atom. The maximum absolute atomic E-state index is 2.42. The van der Waals surface area contributed by atoms with E-state index in [-0.39, 0.29) is 22.3 Å². The third-order valence-electron chi connectivity index (χ3n) is 4.75. The molecule has 0 amide bonds. The summed E-state index contributed by atoms with van der Waals surface area (Å²) in [5.41, 5.74) is 0.554. The first-order valence-electron chi connectivity index (χ1n) is 4.89. The fraction of sp³-hybridized carbons (Fsp3) is 1.00. The second-order valence-electron chi connectivity index (χ2n) is 5.12. The molecule has 0 heterocycles. The molecule has 0 aromatic carbocycles. The summed E-state index contributed by atoms with van der Waals surface area (Å²) in [6.07, 6.45) is 0. The topological polar surface area (TPSA) is 0 Å². The zero-order valence-corrected chi connectivity index (χ0v) is 8.81. The minimum atomic E-state index is 0. The SMILES string of the molecule is C.C.C.CC1C(C)C(C)C(C)(C)C1C. The molecule has 0 aliphatic heterocycles. The van der Waals surface area contributed by atoms with Gasteiger partial charge < -0.3 is 0 Å². The Kier molecular flexibility index (Phi) is 8.07. The van der Waals surface area contributed by atoms with E-state index < -0.39 is 0 Å². The van der Waals surface area contributed by atoms with Crippen molar-refractivity contribution in [1.29, 1.82) is 0 Å². The third kappa shape index (κ3) is 2.52. The highest BCUT2D eigenvalue weighted by atomic mass is 14.5. The summed E-state index contributed by atoms with van der Waals surface area (Å²) in [5, 5.41) is 0. The van der Waals surface area contributed by atoms with Crippen LogP contribution in [0.4, 0.5) is 0 Å². The van der Waals surface area contributed by atoms with Gasteiger partial charge in [-0.15, -0.1) is 0 Å². The van der Waals surface area contributed by atoms with Crippen LogP contribution in [0.1, 0.15) is 63.8 Å². The van der Waals surface area contributed by atoms with E-state index in [1.54, 1.807) is 0 Å². The molecule has 1 rings (SSSR count). The van der Waals surface area contributed by atoms with Crippen molar-refractivity contribution < 1.29 is 0 Å². The summed E-state index contributed by atoms with van der Waals surface area (Å²) < 4.78 is 0. The summed E-state index contributed by atoms with van der Waals surface area (Å²) in [6.45, 7) is 14.5. The Morgan fingerprint density at radius 2 is 0.857 bits per heavy atom. The maximum atomic E-state index is 2.42. The first-order valence-corrected chi connectivity index (χ1v) is 4.89. The van der Waals surface area contributed by atoms with Gasteiger partial charge in [-0.3, -0.25) is 0 Å². The van der Waals surface area contributed by atoms with Gasteiger partial charge in [0.15, 0.2) is 0 Å². The van der Waals surface area contributed by atoms with Crippen LogP contribution in [0.5, 0.6) is 0 Å². The summed E-state index contributed by atoms with van der Waals surface area (Å²) in [5.74, 6) is 3.57. The smallest absolute Gasteiger partial charge is 0.0298 e. The van der Waals surface area contributed by atoms with Crippen molar-refractivity contribution in [3.8, 4) is 0 Å². The Balaban J connectivity index is -0.000000403. The van der Waals surface area contributed by atoms with Gasteiger partial charge >= 0.3 is 0 Å². The van der Waals surface area contributed by atoms with E-state index >= 15 is 0 Å². The van der Waals surface area contributed by atoms with Crippen LogP contribution in [-0.2, 0) is 0 Å². The fourth-order valence-corrected chi connectivity index (χ4v) is 2.68. The van der Waals surface area contributed by atoms with E-state index in [0.29, 0.717) is 5.41 Å². The average molecular weight is 202 g/mol. The minimum Gasteiger partial charge on any atom is -0.0776 e. The third-order valence-corrected chi connectivity index (χ3v) is 4.75. The highest BCUT2D eigenvalue weighted by Gasteiger charge is 2.46. The molecule has 4 unspecified atom stereocenters. The van der Waals surface area contributed by atoms with E-state index in [1.807, 2.05) is 0 Å². The second kappa shape index (κ2) is 5.78. The lowest BCUT2D eigenvalue weighted by Crippen LogP contribution is -2.22. The van der Waals surface area contributed by atoms with Gasteiger partial charge in [0.05, 0.1) is 0 Å². The molecule has 14 heavy (non-hydrogen) atoms. The Labute approximate surface area is 93.5 Å². The average Bonchev–Trinajstić information content (AvgIpc) is 2.06. The van der Waals surface area contributed by atoms with Gasteiger partial charge in [0.25, 0.3) is 0 Å². The first kappa shape index (κ1) is 19.6. The quantitative estimate of drug-likeness (QED) is 0.488. The van der Waals surface area contributed by atoms with Crippen LogP contribution in [-0.4, -0.2) is 0 Å². The van der Waals surface area contributed by atoms with E-state index in [1.165, 1.54) is 0 Å². The zero-order valence-electron chi connectivity index (χ0n) is 8.81. The highest BCUT2D eigenvalue weighted by molar-refractivity contribution is 4.95. The summed E-state index contributed by atoms with van der Waals surface area (Å²) in [7, 11) is 0. The molecule has 90 valence electrons. The molecular formula is C14H34. The molecule has 1 saturated carbocycles. The normalized spacial score (nSPS) is 39.0. The standard InChI is InChI=1S/C11H22.3CH4/c1-7-8(2)10(4)11(5,6)9(7)3;;;/h7-10H,1-6H3;3*1H4. The Hall–Kier alpha value is 0. The molecule has 0 nitrogen and oxygen atoms in total. The first-order chi connectivity index (χ1) is 4.89. The van der Waals surface area contributed by atoms with Crippen LogP contribution in [0.3, 0.4) is 0 Å². The lowest BCUT2D eigenvalue weighted by atomic mass is 9.76. The second-order valence-corrected chi connectivity index (χ2v) is 5.12. The van der Waals surface area contributed by atoms with Crippen molar-refractivity contribution in [3.63, 3.8) is 0 Å². The minimum absolute atomic E-state index is 0. The lowest BCUT2D eigenvalue weighted by Gasteiger charge is -2.30. The molecule has 1 aliphatic carbocycles. The van der Waals surface area contributed by atoms with Crippen molar-refractivity contribution in [2.24, 2.45) is 29.1 Å². The van der Waals surface area contributed by atoms with Gasteiger partial charge in [-0.1, -0.05) is 63.8 Å². The van der Waals surface area contributed by atoms with Gasteiger partial charge in [0, 0.05) is 0 Å². The number of rotatable bonds is 0. The van der Waals surface area contributed by atoms with Crippen molar-refractivity contribution in [2.75, 3.05) is 0 Å². The van der Waals surface area contributed by atoms with Crippen LogP contribution >= 0.6 is 0 Å². The Bertz CT molecular complexity index is 130. The summed E-state index contributed by atoms with van der Waals surface area (Å²) in [4.78, 5) is 0. The highest BCUT2D eigenvalue weighted by Crippen LogP contribution is 2.53. The lowest BCUT2D eigenvalue weighted by molar-refractivity contribution is 0.193. The molecule has 0 spiro atoms. The zero-order chi connectivity index (χ0) is 8.81. The molecule has 4 atom stereocenters. The van der Waals surface area contributed by atoms with Crippen LogP contribution in [0.25, 0.3) is 0 Å². The van der Waals surface area contributed by atoms with E-state index in [2.05, 4.69) is 41.5 Å². The van der Waals surface area contributed by atoms with E-state index in [0.717, 1.165) is 23.7 Å². The van der Waals surface area contributed by atoms with Gasteiger partial charge in [-0.25, -0.2) is 0 Å². The Morgan fingerprint density at radius 1 is 0.643 bits per heavy atom. The number of hydrogen-bond donors (Lipinski definition) is 0. The van der Waals surface area contributed by atoms with Crippen molar-refractivity contribution in [2.45, 2.75) is 63.8 Å². The van der Waals surface area contributed by atoms with Gasteiger partial charge in [-0.05, 0) is 29.1 Å². The predicted octanol–water partition coefficient (Wildman–Crippen LogP) is 5.48. The van der Waals surface area contributed by atoms with Crippen LogP contribution in [0.2, 0.25) is 0 Å². The molecule has 0 saturated heterocycles. The molecule has 0 heteroatoms. The molecule has 1 aliphatic rings. The van der Waals surface area contributed by atoms with Gasteiger partial charge in [0.2, 0.25) is 0 Å². The largest absolute Gasteiger partial charge is 0.0776 e. The number of hydrogen-bond acceptors (Lipinski definition) is 0. The van der Waals surface area contributed by atoms with Crippen LogP contribution in [0, 0.1) is 29.1 Å². The molecule has 0 bridgehead atoms. The molecule has 0 N–H and O–H groups in total. The van der Waals surface area contributed by atoms with Crippen LogP contribution < -0.4 is 0 Å². The fourth-order valence-electron chi connectivity index (χ4n) is 2.68. The molecular weight excluding hydrogens is 168 g/mol. The van der Waals surface area contributed by atoms with Gasteiger partial charge in [-0.2, -0.15) is 0 Å². The monoisotopic (exact) mass is 202 g/mol. The van der Waals surface area contributed by atoms with Crippen molar-refractivity contribution in [3.05, 3.63) is 0 Å². The predicted molar refractivity (Wildman–Crippen MR) is 70.6 cm³/mol. The summed E-state index contributed by atoms with van der Waals surface area (Å²) in [6, 6.07) is 0. The van der Waals surface area contributed by atoms with Crippen LogP contribution in [0.15, 0.2) is 0 Å². The summed E-state index contributed by atoms with van der Waals surface area (Å²) >= 11 is 0. The molecule has 0 aromatic heterocycles. The van der Waals surface area contributed by atoms with Crippen molar-refractivity contribution in [1.82, 2.24) is 0 Å². The molecule has 1 fully saturated rings. The van der Waals surface area contributed by atoms with Crippen molar-refractivity contribution >= 4 is 0 Å². The molecule has 0 aromatic rings. The van der Waals surface area contributed by atoms with E-state index in [4.69, 9.17) is 0 Å².